The number of nitrogens with zero attached hydrogens (tertiary/aromatic N) is 1. The maximum atomic E-state index is 8.51. The van der Waals surface area contributed by atoms with E-state index in [1.54, 1.807) is 13.2 Å². The van der Waals surface area contributed by atoms with Gasteiger partial charge in [-0.15, -0.1) is 0 Å². The SMILES string of the molecule is COc1cc(Cl)cc(CC(C)N)c1OCCCC#N. The largest absolute Gasteiger partial charge is 0.493 e. The molecule has 1 aromatic rings. The first-order chi connectivity index (χ1) is 9.08. The third-order valence-corrected chi connectivity index (χ3v) is 2.76. The Morgan fingerprint density at radius 3 is 2.79 bits per heavy atom. The Bertz CT molecular complexity index is 455. The Balaban J connectivity index is 2.92. The minimum atomic E-state index is 0.00429. The molecule has 4 nitrogen and oxygen atoms in total. The van der Waals surface area contributed by atoms with E-state index in [1.165, 1.54) is 0 Å². The molecule has 0 radical (unpaired) electrons. The van der Waals surface area contributed by atoms with E-state index in [4.69, 9.17) is 32.1 Å². The van der Waals surface area contributed by atoms with E-state index in [0.29, 0.717) is 42.4 Å². The third kappa shape index (κ3) is 4.98. The maximum Gasteiger partial charge on any atom is 0.164 e. The fourth-order valence-electron chi connectivity index (χ4n) is 1.76. The first-order valence-electron chi connectivity index (χ1n) is 6.20. The average molecular weight is 283 g/mol. The summed E-state index contributed by atoms with van der Waals surface area (Å²) < 4.78 is 11.0. The molecule has 2 N–H and O–H groups in total. The zero-order valence-corrected chi connectivity index (χ0v) is 12.0. The highest BCUT2D eigenvalue weighted by molar-refractivity contribution is 6.30. The van der Waals surface area contributed by atoms with Gasteiger partial charge in [-0.1, -0.05) is 11.6 Å². The summed E-state index contributed by atoms with van der Waals surface area (Å²) in [7, 11) is 1.57. The second-order valence-corrected chi connectivity index (χ2v) is 4.82. The van der Waals surface area contributed by atoms with Crippen molar-refractivity contribution in [1.29, 1.82) is 5.26 Å². The van der Waals surface area contributed by atoms with Crippen molar-refractivity contribution in [2.45, 2.75) is 32.2 Å². The number of halogens is 1. The molecule has 1 unspecified atom stereocenters. The molecule has 0 saturated carbocycles. The fraction of sp³-hybridized carbons (Fsp3) is 0.500. The van der Waals surface area contributed by atoms with Crippen LogP contribution in [0, 0.1) is 11.3 Å². The van der Waals surface area contributed by atoms with Crippen LogP contribution < -0.4 is 15.2 Å². The third-order valence-electron chi connectivity index (χ3n) is 2.54. The van der Waals surface area contributed by atoms with Crippen LogP contribution >= 0.6 is 11.6 Å². The Hall–Kier alpha value is -1.44. The lowest BCUT2D eigenvalue weighted by Crippen LogP contribution is -2.18. The molecule has 0 fully saturated rings. The molecule has 0 aliphatic heterocycles. The molecule has 104 valence electrons. The smallest absolute Gasteiger partial charge is 0.164 e. The van der Waals surface area contributed by atoms with Gasteiger partial charge in [0.25, 0.3) is 0 Å². The van der Waals surface area contributed by atoms with E-state index in [-0.39, 0.29) is 6.04 Å². The van der Waals surface area contributed by atoms with Gasteiger partial charge in [-0.25, -0.2) is 0 Å². The summed E-state index contributed by atoms with van der Waals surface area (Å²) in [5.41, 5.74) is 6.76. The van der Waals surface area contributed by atoms with Gasteiger partial charge in [0.15, 0.2) is 11.5 Å². The van der Waals surface area contributed by atoms with E-state index >= 15 is 0 Å². The van der Waals surface area contributed by atoms with Gasteiger partial charge in [-0.05, 0) is 25.8 Å². The number of nitriles is 1. The highest BCUT2D eigenvalue weighted by Gasteiger charge is 2.14. The predicted molar refractivity (Wildman–Crippen MR) is 75.7 cm³/mol. The summed E-state index contributed by atoms with van der Waals surface area (Å²) in [4.78, 5) is 0. The Morgan fingerprint density at radius 2 is 2.21 bits per heavy atom. The Labute approximate surface area is 119 Å². The predicted octanol–water partition coefficient (Wildman–Crippen LogP) is 2.92. The monoisotopic (exact) mass is 282 g/mol. The van der Waals surface area contributed by atoms with Crippen LogP contribution in [0.2, 0.25) is 5.02 Å². The van der Waals surface area contributed by atoms with Crippen molar-refractivity contribution in [1.82, 2.24) is 0 Å². The van der Waals surface area contributed by atoms with Gasteiger partial charge in [0.2, 0.25) is 0 Å². The van der Waals surface area contributed by atoms with Gasteiger partial charge >= 0.3 is 0 Å². The molecule has 1 aromatic carbocycles. The summed E-state index contributed by atoms with van der Waals surface area (Å²) in [6.45, 7) is 2.39. The molecule has 5 heteroatoms. The second-order valence-electron chi connectivity index (χ2n) is 4.39. The minimum Gasteiger partial charge on any atom is -0.493 e. The zero-order chi connectivity index (χ0) is 14.3. The molecule has 0 saturated heterocycles. The summed E-state index contributed by atoms with van der Waals surface area (Å²) in [6, 6.07) is 5.64. The molecular formula is C14H19ClN2O2. The van der Waals surface area contributed by atoms with Crippen molar-refractivity contribution in [3.05, 3.63) is 22.7 Å². The minimum absolute atomic E-state index is 0.00429. The number of rotatable bonds is 7. The molecule has 0 bridgehead atoms. The van der Waals surface area contributed by atoms with Gasteiger partial charge in [-0.2, -0.15) is 5.26 Å². The van der Waals surface area contributed by atoms with Crippen molar-refractivity contribution >= 4 is 11.6 Å². The van der Waals surface area contributed by atoms with Gasteiger partial charge < -0.3 is 15.2 Å². The standard InChI is InChI=1S/C14H19ClN2O2/c1-10(17)7-11-8-12(15)9-13(18-2)14(11)19-6-4-3-5-16/h8-10H,3-4,6-7,17H2,1-2H3. The van der Waals surface area contributed by atoms with E-state index < -0.39 is 0 Å². The van der Waals surface area contributed by atoms with Crippen LogP contribution in [0.4, 0.5) is 0 Å². The van der Waals surface area contributed by atoms with Crippen molar-refractivity contribution < 1.29 is 9.47 Å². The lowest BCUT2D eigenvalue weighted by Gasteiger charge is -2.16. The van der Waals surface area contributed by atoms with Crippen LogP contribution in [0.15, 0.2) is 12.1 Å². The Kier molecular flexibility index (Phi) is 6.48. The zero-order valence-electron chi connectivity index (χ0n) is 11.3. The molecule has 1 atom stereocenters. The number of ether oxygens (including phenoxy) is 2. The quantitative estimate of drug-likeness (QED) is 0.781. The number of benzene rings is 1. The molecule has 0 aliphatic carbocycles. The van der Waals surface area contributed by atoms with Gasteiger partial charge in [0.05, 0.1) is 19.8 Å². The normalized spacial score (nSPS) is 11.7. The van der Waals surface area contributed by atoms with Crippen molar-refractivity contribution in [2.75, 3.05) is 13.7 Å². The summed E-state index contributed by atoms with van der Waals surface area (Å²) in [5, 5.41) is 9.10. The highest BCUT2D eigenvalue weighted by atomic mass is 35.5. The number of nitrogens with two attached hydrogens (primary N) is 1. The van der Waals surface area contributed by atoms with E-state index in [0.717, 1.165) is 5.56 Å². The lowest BCUT2D eigenvalue weighted by molar-refractivity contribution is 0.287. The van der Waals surface area contributed by atoms with Crippen LogP contribution in [0.5, 0.6) is 11.5 Å². The molecule has 19 heavy (non-hydrogen) atoms. The van der Waals surface area contributed by atoms with Gasteiger partial charge in [0.1, 0.15) is 0 Å². The van der Waals surface area contributed by atoms with Crippen LogP contribution in [0.1, 0.15) is 25.3 Å². The van der Waals surface area contributed by atoms with Crippen molar-refractivity contribution in [3.8, 4) is 17.6 Å². The molecular weight excluding hydrogens is 264 g/mol. The lowest BCUT2D eigenvalue weighted by atomic mass is 10.1. The van der Waals surface area contributed by atoms with Crippen LogP contribution in [-0.2, 0) is 6.42 Å². The molecule has 0 aromatic heterocycles. The topological polar surface area (TPSA) is 68.3 Å². The number of hydrogen-bond donors (Lipinski definition) is 1. The first kappa shape index (κ1) is 15.6. The molecule has 0 aliphatic rings. The van der Waals surface area contributed by atoms with E-state index in [2.05, 4.69) is 6.07 Å². The highest BCUT2D eigenvalue weighted by Crippen LogP contribution is 2.35. The first-order valence-corrected chi connectivity index (χ1v) is 6.58. The second kappa shape index (κ2) is 7.88. The molecule has 0 amide bonds. The fourth-order valence-corrected chi connectivity index (χ4v) is 1.99. The maximum absolute atomic E-state index is 8.51. The molecule has 1 rings (SSSR count). The van der Waals surface area contributed by atoms with Crippen LogP contribution in [0.25, 0.3) is 0 Å². The van der Waals surface area contributed by atoms with Crippen LogP contribution in [0.3, 0.4) is 0 Å². The Morgan fingerprint density at radius 1 is 1.47 bits per heavy atom. The van der Waals surface area contributed by atoms with E-state index in [9.17, 15) is 0 Å². The average Bonchev–Trinajstić information content (AvgIpc) is 2.35. The van der Waals surface area contributed by atoms with Gasteiger partial charge in [0, 0.05) is 29.1 Å². The molecule has 0 spiro atoms. The van der Waals surface area contributed by atoms with Crippen LogP contribution in [-0.4, -0.2) is 19.8 Å². The van der Waals surface area contributed by atoms with E-state index in [1.807, 2.05) is 13.0 Å². The molecule has 0 heterocycles. The van der Waals surface area contributed by atoms with Gasteiger partial charge in [-0.3, -0.25) is 0 Å². The number of unbranched alkanes of at least 4 members (excludes halogenated alkanes) is 1. The number of hydrogen-bond acceptors (Lipinski definition) is 4. The summed E-state index contributed by atoms with van der Waals surface area (Å²) >= 11 is 6.05. The van der Waals surface area contributed by atoms with Crippen molar-refractivity contribution in [3.63, 3.8) is 0 Å². The number of methoxy groups -OCH3 is 1. The summed E-state index contributed by atoms with van der Waals surface area (Å²) in [5.74, 6) is 1.27. The van der Waals surface area contributed by atoms with Crippen molar-refractivity contribution in [2.24, 2.45) is 5.73 Å². The summed E-state index contributed by atoms with van der Waals surface area (Å²) in [6.07, 6.45) is 1.81.